The topological polar surface area (TPSA) is 83.7 Å². The van der Waals surface area contributed by atoms with E-state index in [9.17, 15) is 4.79 Å². The Morgan fingerprint density at radius 2 is 2.03 bits per heavy atom. The standard InChI is InChI=1S/C22H24N2O5/c1-15(6-4-7-16-8-5-11-23-14-16)28-22(25)19-13-21(29-24-19)18-12-17(26-2)9-10-20(18)27-3/h5,8-15H,4,6-7H2,1-3H3. The van der Waals surface area contributed by atoms with Crippen molar-refractivity contribution in [2.75, 3.05) is 14.2 Å². The lowest BCUT2D eigenvalue weighted by Crippen LogP contribution is -2.15. The maximum atomic E-state index is 12.4. The zero-order valence-electron chi connectivity index (χ0n) is 16.8. The summed E-state index contributed by atoms with van der Waals surface area (Å²) < 4.78 is 21.4. The van der Waals surface area contributed by atoms with Gasteiger partial charge in [-0.3, -0.25) is 4.98 Å². The van der Waals surface area contributed by atoms with Crippen molar-refractivity contribution in [3.05, 3.63) is 60.0 Å². The highest BCUT2D eigenvalue weighted by Gasteiger charge is 2.20. The number of benzene rings is 1. The lowest BCUT2D eigenvalue weighted by Gasteiger charge is -2.11. The fourth-order valence-electron chi connectivity index (χ4n) is 2.95. The van der Waals surface area contributed by atoms with Crippen LogP contribution in [0.25, 0.3) is 11.3 Å². The van der Waals surface area contributed by atoms with Gasteiger partial charge in [0, 0.05) is 18.5 Å². The summed E-state index contributed by atoms with van der Waals surface area (Å²) >= 11 is 0. The van der Waals surface area contributed by atoms with E-state index in [0.717, 1.165) is 19.3 Å². The summed E-state index contributed by atoms with van der Waals surface area (Å²) in [5, 5.41) is 3.85. The van der Waals surface area contributed by atoms with Crippen molar-refractivity contribution in [3.63, 3.8) is 0 Å². The molecule has 0 saturated carbocycles. The molecule has 0 bridgehead atoms. The van der Waals surface area contributed by atoms with Gasteiger partial charge >= 0.3 is 5.97 Å². The predicted molar refractivity (Wildman–Crippen MR) is 107 cm³/mol. The fraction of sp³-hybridized carbons (Fsp3) is 0.318. The molecule has 1 unspecified atom stereocenters. The Morgan fingerprint density at radius 3 is 2.76 bits per heavy atom. The molecule has 0 saturated heterocycles. The average molecular weight is 396 g/mol. The minimum atomic E-state index is -0.518. The molecule has 7 nitrogen and oxygen atoms in total. The summed E-state index contributed by atoms with van der Waals surface area (Å²) in [7, 11) is 3.13. The van der Waals surface area contributed by atoms with E-state index in [1.54, 1.807) is 44.7 Å². The largest absolute Gasteiger partial charge is 0.497 e. The molecule has 0 fully saturated rings. The Balaban J connectivity index is 1.59. The van der Waals surface area contributed by atoms with Gasteiger partial charge in [-0.2, -0.15) is 0 Å². The van der Waals surface area contributed by atoms with Gasteiger partial charge in [0.25, 0.3) is 0 Å². The maximum Gasteiger partial charge on any atom is 0.360 e. The second-order valence-corrected chi connectivity index (χ2v) is 6.61. The number of methoxy groups -OCH3 is 2. The van der Waals surface area contributed by atoms with Crippen molar-refractivity contribution in [2.24, 2.45) is 0 Å². The van der Waals surface area contributed by atoms with E-state index in [2.05, 4.69) is 10.1 Å². The average Bonchev–Trinajstić information content (AvgIpc) is 3.24. The Morgan fingerprint density at radius 1 is 1.17 bits per heavy atom. The molecule has 0 radical (unpaired) electrons. The molecule has 0 aliphatic heterocycles. The summed E-state index contributed by atoms with van der Waals surface area (Å²) in [4.78, 5) is 16.5. The van der Waals surface area contributed by atoms with E-state index in [1.165, 1.54) is 5.56 Å². The van der Waals surface area contributed by atoms with Crippen molar-refractivity contribution in [2.45, 2.75) is 32.3 Å². The maximum absolute atomic E-state index is 12.4. The summed E-state index contributed by atoms with van der Waals surface area (Å²) in [5.74, 6) is 1.11. The molecule has 0 spiro atoms. The molecule has 2 heterocycles. The first kappa shape index (κ1) is 20.4. The molecule has 3 rings (SSSR count). The van der Waals surface area contributed by atoms with Crippen LogP contribution in [-0.2, 0) is 11.2 Å². The van der Waals surface area contributed by atoms with Gasteiger partial charge in [-0.05, 0) is 56.0 Å². The van der Waals surface area contributed by atoms with Crippen molar-refractivity contribution >= 4 is 5.97 Å². The van der Waals surface area contributed by atoms with Gasteiger partial charge in [-0.15, -0.1) is 0 Å². The van der Waals surface area contributed by atoms with E-state index in [4.69, 9.17) is 18.7 Å². The molecular formula is C22H24N2O5. The van der Waals surface area contributed by atoms with Crippen molar-refractivity contribution in [3.8, 4) is 22.8 Å². The monoisotopic (exact) mass is 396 g/mol. The fourth-order valence-corrected chi connectivity index (χ4v) is 2.95. The normalized spacial score (nSPS) is 11.7. The number of rotatable bonds is 9. The van der Waals surface area contributed by atoms with Crippen LogP contribution in [0, 0.1) is 0 Å². The van der Waals surface area contributed by atoms with Crippen LogP contribution in [0.3, 0.4) is 0 Å². The summed E-state index contributed by atoms with van der Waals surface area (Å²) in [6, 6.07) is 10.8. The van der Waals surface area contributed by atoms with Gasteiger partial charge in [0.05, 0.1) is 25.9 Å². The molecule has 0 aliphatic rings. The predicted octanol–water partition coefficient (Wildman–Crippen LogP) is 4.32. The summed E-state index contributed by atoms with van der Waals surface area (Å²) in [6.07, 6.45) is 5.90. The number of hydrogen-bond acceptors (Lipinski definition) is 7. The Labute approximate surface area is 169 Å². The molecular weight excluding hydrogens is 372 g/mol. The van der Waals surface area contributed by atoms with E-state index >= 15 is 0 Å². The molecule has 0 N–H and O–H groups in total. The van der Waals surface area contributed by atoms with Crippen molar-refractivity contribution in [1.82, 2.24) is 10.1 Å². The lowest BCUT2D eigenvalue weighted by molar-refractivity contribution is 0.0309. The minimum absolute atomic E-state index is 0.115. The molecule has 3 aromatic rings. The third-order valence-electron chi connectivity index (χ3n) is 4.50. The highest BCUT2D eigenvalue weighted by atomic mass is 16.5. The first-order chi connectivity index (χ1) is 14.1. The van der Waals surface area contributed by atoms with E-state index in [1.807, 2.05) is 25.3 Å². The number of aromatic nitrogens is 2. The number of aryl methyl sites for hydroxylation is 1. The molecule has 152 valence electrons. The number of carbonyl (C=O) groups excluding carboxylic acids is 1. The zero-order valence-corrected chi connectivity index (χ0v) is 16.8. The first-order valence-corrected chi connectivity index (χ1v) is 9.39. The molecule has 7 heteroatoms. The van der Waals surface area contributed by atoms with E-state index < -0.39 is 5.97 Å². The second-order valence-electron chi connectivity index (χ2n) is 6.61. The van der Waals surface area contributed by atoms with Crippen LogP contribution < -0.4 is 9.47 Å². The SMILES string of the molecule is COc1ccc(OC)c(-c2cc(C(=O)OC(C)CCCc3cccnc3)no2)c1. The second kappa shape index (κ2) is 9.73. The van der Waals surface area contributed by atoms with Gasteiger partial charge in [-0.25, -0.2) is 4.79 Å². The number of hydrogen-bond donors (Lipinski definition) is 0. The smallest absolute Gasteiger partial charge is 0.360 e. The number of pyridine rings is 1. The molecule has 2 aromatic heterocycles. The number of nitrogens with zero attached hydrogens (tertiary/aromatic N) is 2. The van der Waals surface area contributed by atoms with Crippen LogP contribution in [0.15, 0.2) is 53.3 Å². The van der Waals surface area contributed by atoms with Crippen LogP contribution in [0.4, 0.5) is 0 Å². The lowest BCUT2D eigenvalue weighted by atomic mass is 10.1. The Bertz CT molecular complexity index is 939. The van der Waals surface area contributed by atoms with Crippen LogP contribution in [0.2, 0.25) is 0 Å². The van der Waals surface area contributed by atoms with Gasteiger partial charge < -0.3 is 18.7 Å². The molecule has 29 heavy (non-hydrogen) atoms. The summed E-state index contributed by atoms with van der Waals surface area (Å²) in [5.41, 5.74) is 1.92. The van der Waals surface area contributed by atoms with Gasteiger partial charge in [0.2, 0.25) is 0 Å². The van der Waals surface area contributed by atoms with E-state index in [-0.39, 0.29) is 11.8 Å². The highest BCUT2D eigenvalue weighted by Crippen LogP contribution is 2.33. The Kier molecular flexibility index (Phi) is 6.84. The van der Waals surface area contributed by atoms with Crippen LogP contribution in [0.1, 0.15) is 35.8 Å². The number of ether oxygens (including phenoxy) is 3. The van der Waals surface area contributed by atoms with Gasteiger partial charge in [-0.1, -0.05) is 11.2 Å². The van der Waals surface area contributed by atoms with Crippen molar-refractivity contribution < 1.29 is 23.5 Å². The minimum Gasteiger partial charge on any atom is -0.497 e. The zero-order chi connectivity index (χ0) is 20.6. The number of carbonyl (C=O) groups is 1. The third-order valence-corrected chi connectivity index (χ3v) is 4.50. The van der Waals surface area contributed by atoms with E-state index in [0.29, 0.717) is 22.8 Å². The first-order valence-electron chi connectivity index (χ1n) is 9.39. The van der Waals surface area contributed by atoms with Gasteiger partial charge in [0.1, 0.15) is 11.5 Å². The molecule has 0 amide bonds. The van der Waals surface area contributed by atoms with Crippen molar-refractivity contribution in [1.29, 1.82) is 0 Å². The molecule has 1 atom stereocenters. The number of esters is 1. The molecule has 0 aliphatic carbocycles. The van der Waals surface area contributed by atoms with Crippen LogP contribution in [0.5, 0.6) is 11.5 Å². The van der Waals surface area contributed by atoms with Crippen LogP contribution >= 0.6 is 0 Å². The highest BCUT2D eigenvalue weighted by molar-refractivity contribution is 5.88. The quantitative estimate of drug-likeness (QED) is 0.498. The molecule has 1 aromatic carbocycles. The van der Waals surface area contributed by atoms with Crippen LogP contribution in [-0.4, -0.2) is 36.4 Å². The van der Waals surface area contributed by atoms with Gasteiger partial charge in [0.15, 0.2) is 11.5 Å². The third kappa shape index (κ3) is 5.34. The Hall–Kier alpha value is -3.35. The summed E-state index contributed by atoms with van der Waals surface area (Å²) in [6.45, 7) is 1.87.